The molecule has 1 aromatic heterocycles. The smallest absolute Gasteiger partial charge is 0.0535 e. The summed E-state index contributed by atoms with van der Waals surface area (Å²) in [7, 11) is 0. The molecule has 19 heavy (non-hydrogen) atoms. The van der Waals surface area contributed by atoms with Crippen LogP contribution in [0, 0.1) is 18.3 Å². The minimum absolute atomic E-state index is 0.0752. The summed E-state index contributed by atoms with van der Waals surface area (Å²) in [5.74, 6) is 0.525. The van der Waals surface area contributed by atoms with Gasteiger partial charge in [0.15, 0.2) is 0 Å². The molecule has 0 radical (unpaired) electrons. The normalized spacial score (nSPS) is 20.1. The molecule has 0 spiro atoms. The van der Waals surface area contributed by atoms with Crippen molar-refractivity contribution in [2.75, 3.05) is 6.61 Å². The summed E-state index contributed by atoms with van der Waals surface area (Å²) in [4.78, 5) is 0. The Balaban J connectivity index is 2.06. The summed E-state index contributed by atoms with van der Waals surface area (Å²) in [5, 5.41) is 20.6. The summed E-state index contributed by atoms with van der Waals surface area (Å²) in [5.41, 5.74) is 2.42. The van der Waals surface area contributed by atoms with Crippen LogP contribution in [-0.4, -0.2) is 28.0 Å². The van der Waals surface area contributed by atoms with Crippen LogP contribution in [0.4, 0.5) is 0 Å². The lowest BCUT2D eigenvalue weighted by molar-refractivity contribution is 0.0649. The second-order valence-corrected chi connectivity index (χ2v) is 6.35. The van der Waals surface area contributed by atoms with Crippen LogP contribution in [0.1, 0.15) is 50.8 Å². The number of H-pyrrole nitrogens is 1. The average Bonchev–Trinajstić information content (AvgIpc) is 3.00. The zero-order chi connectivity index (χ0) is 13.9. The Morgan fingerprint density at radius 1 is 1.42 bits per heavy atom. The van der Waals surface area contributed by atoms with Gasteiger partial charge in [-0.2, -0.15) is 5.10 Å². The van der Waals surface area contributed by atoms with Crippen molar-refractivity contribution in [3.05, 3.63) is 17.5 Å². The average molecular weight is 265 g/mol. The molecule has 0 saturated heterocycles. The van der Waals surface area contributed by atoms with Gasteiger partial charge in [-0.25, -0.2) is 0 Å². The Morgan fingerprint density at radius 3 is 2.58 bits per heavy atom. The van der Waals surface area contributed by atoms with Crippen LogP contribution in [0.5, 0.6) is 0 Å². The molecular formula is C15H27N3O. The fourth-order valence-corrected chi connectivity index (χ4v) is 3.58. The van der Waals surface area contributed by atoms with Crippen molar-refractivity contribution >= 4 is 0 Å². The zero-order valence-corrected chi connectivity index (χ0v) is 12.4. The van der Waals surface area contributed by atoms with Crippen LogP contribution in [0.2, 0.25) is 0 Å². The fraction of sp³-hybridized carbons (Fsp3) is 0.800. The molecule has 3 N–H and O–H groups in total. The molecule has 1 aliphatic carbocycles. The lowest BCUT2D eigenvalue weighted by atomic mass is 9.74. The van der Waals surface area contributed by atoms with Gasteiger partial charge in [-0.05, 0) is 25.7 Å². The van der Waals surface area contributed by atoms with Gasteiger partial charge in [0.25, 0.3) is 0 Å². The number of nitrogens with one attached hydrogen (secondary N) is 2. The first kappa shape index (κ1) is 14.5. The molecule has 1 saturated carbocycles. The Kier molecular flexibility index (Phi) is 4.63. The first-order valence-corrected chi connectivity index (χ1v) is 7.42. The molecule has 1 unspecified atom stereocenters. The van der Waals surface area contributed by atoms with Crippen molar-refractivity contribution < 1.29 is 5.11 Å². The van der Waals surface area contributed by atoms with E-state index in [2.05, 4.69) is 29.4 Å². The number of aromatic nitrogens is 2. The molecule has 1 aliphatic rings. The lowest BCUT2D eigenvalue weighted by Crippen LogP contribution is -2.49. The minimum Gasteiger partial charge on any atom is -0.396 e. The Bertz CT molecular complexity index is 394. The predicted molar refractivity (Wildman–Crippen MR) is 76.8 cm³/mol. The van der Waals surface area contributed by atoms with Crippen molar-refractivity contribution in [2.45, 2.75) is 59.0 Å². The molecule has 0 bridgehead atoms. The second-order valence-electron chi connectivity index (χ2n) is 6.35. The molecule has 4 nitrogen and oxygen atoms in total. The molecule has 0 aromatic carbocycles. The highest BCUT2D eigenvalue weighted by Crippen LogP contribution is 2.43. The first-order chi connectivity index (χ1) is 9.09. The van der Waals surface area contributed by atoms with Gasteiger partial charge in [-0.3, -0.25) is 5.10 Å². The molecule has 4 heteroatoms. The minimum atomic E-state index is 0.0752. The van der Waals surface area contributed by atoms with E-state index in [9.17, 15) is 5.11 Å². The van der Waals surface area contributed by atoms with Crippen molar-refractivity contribution in [3.8, 4) is 0 Å². The maximum absolute atomic E-state index is 9.89. The van der Waals surface area contributed by atoms with Gasteiger partial charge < -0.3 is 10.4 Å². The third-order valence-corrected chi connectivity index (χ3v) is 4.69. The molecule has 1 fully saturated rings. The number of rotatable bonds is 6. The van der Waals surface area contributed by atoms with Crippen LogP contribution in [0.15, 0.2) is 6.20 Å². The van der Waals surface area contributed by atoms with E-state index < -0.39 is 0 Å². The Morgan fingerprint density at radius 2 is 2.11 bits per heavy atom. The van der Waals surface area contributed by atoms with Crippen LogP contribution in [0.25, 0.3) is 0 Å². The van der Waals surface area contributed by atoms with Gasteiger partial charge in [0.05, 0.1) is 12.8 Å². The summed E-state index contributed by atoms with van der Waals surface area (Å²) >= 11 is 0. The molecular weight excluding hydrogens is 238 g/mol. The highest BCUT2D eigenvalue weighted by atomic mass is 16.3. The molecule has 0 aliphatic heterocycles. The lowest BCUT2D eigenvalue weighted by Gasteiger charge is -2.39. The van der Waals surface area contributed by atoms with E-state index in [0.29, 0.717) is 18.6 Å². The molecule has 1 heterocycles. The van der Waals surface area contributed by atoms with Crippen LogP contribution < -0.4 is 5.32 Å². The summed E-state index contributed by atoms with van der Waals surface area (Å²) < 4.78 is 0. The van der Waals surface area contributed by atoms with E-state index in [1.165, 1.54) is 18.4 Å². The standard InChI is InChI=1S/C15H27N3O/c1-11(2)14(15(10-19)6-4-5-7-15)16-8-13-9-17-18-12(13)3/h9,11,14,16,19H,4-8,10H2,1-3H3,(H,17,18). The number of hydrogen-bond acceptors (Lipinski definition) is 3. The second kappa shape index (κ2) is 6.06. The largest absolute Gasteiger partial charge is 0.396 e. The molecule has 1 atom stereocenters. The highest BCUT2D eigenvalue weighted by molar-refractivity contribution is 5.14. The fourth-order valence-electron chi connectivity index (χ4n) is 3.58. The molecule has 0 amide bonds. The van der Waals surface area contributed by atoms with Crippen molar-refractivity contribution in [2.24, 2.45) is 11.3 Å². The van der Waals surface area contributed by atoms with Gasteiger partial charge in [0, 0.05) is 29.3 Å². The van der Waals surface area contributed by atoms with Crippen LogP contribution >= 0.6 is 0 Å². The van der Waals surface area contributed by atoms with Gasteiger partial charge >= 0.3 is 0 Å². The topological polar surface area (TPSA) is 60.9 Å². The van der Waals surface area contributed by atoms with Gasteiger partial charge in [-0.1, -0.05) is 26.7 Å². The monoisotopic (exact) mass is 265 g/mol. The van der Waals surface area contributed by atoms with Gasteiger partial charge in [0.1, 0.15) is 0 Å². The number of aromatic amines is 1. The first-order valence-electron chi connectivity index (χ1n) is 7.42. The van der Waals surface area contributed by atoms with Crippen molar-refractivity contribution in [1.82, 2.24) is 15.5 Å². The third-order valence-electron chi connectivity index (χ3n) is 4.69. The van der Waals surface area contributed by atoms with Crippen molar-refractivity contribution in [1.29, 1.82) is 0 Å². The predicted octanol–water partition coefficient (Wildman–Crippen LogP) is 2.39. The number of hydrogen-bond donors (Lipinski definition) is 3. The SMILES string of the molecule is Cc1[nH]ncc1CNC(C(C)C)C1(CO)CCCC1. The van der Waals surface area contributed by atoms with E-state index in [1.54, 1.807) is 0 Å². The van der Waals surface area contributed by atoms with Crippen molar-refractivity contribution in [3.63, 3.8) is 0 Å². The van der Waals surface area contributed by atoms with E-state index >= 15 is 0 Å². The van der Waals surface area contributed by atoms with Gasteiger partial charge in [0.2, 0.25) is 0 Å². The molecule has 1 aromatic rings. The Labute approximate surface area is 116 Å². The quantitative estimate of drug-likeness (QED) is 0.740. The Hall–Kier alpha value is -0.870. The van der Waals surface area contributed by atoms with E-state index in [-0.39, 0.29) is 5.41 Å². The molecule has 108 valence electrons. The number of aliphatic hydroxyl groups excluding tert-OH is 1. The number of aliphatic hydroxyl groups is 1. The highest BCUT2D eigenvalue weighted by Gasteiger charge is 2.41. The molecule has 2 rings (SSSR count). The summed E-state index contributed by atoms with van der Waals surface area (Å²) in [6, 6.07) is 0.370. The van der Waals surface area contributed by atoms with Crippen LogP contribution in [-0.2, 0) is 6.54 Å². The van der Waals surface area contributed by atoms with E-state index in [1.807, 2.05) is 13.1 Å². The number of nitrogens with zero attached hydrogens (tertiary/aromatic N) is 1. The zero-order valence-electron chi connectivity index (χ0n) is 12.4. The van der Waals surface area contributed by atoms with E-state index in [4.69, 9.17) is 0 Å². The summed E-state index contributed by atoms with van der Waals surface area (Å²) in [6.45, 7) is 7.66. The number of aryl methyl sites for hydroxylation is 1. The van der Waals surface area contributed by atoms with Gasteiger partial charge in [-0.15, -0.1) is 0 Å². The maximum atomic E-state index is 9.89. The third kappa shape index (κ3) is 3.00. The van der Waals surface area contributed by atoms with Crippen LogP contribution in [0.3, 0.4) is 0 Å². The summed E-state index contributed by atoms with van der Waals surface area (Å²) in [6.07, 6.45) is 6.67. The maximum Gasteiger partial charge on any atom is 0.0535 e. The van der Waals surface area contributed by atoms with E-state index in [0.717, 1.165) is 25.1 Å².